The van der Waals surface area contributed by atoms with Crippen LogP contribution in [0, 0.1) is 0 Å². The van der Waals surface area contributed by atoms with Gasteiger partial charge in [0, 0.05) is 32.9 Å². The van der Waals surface area contributed by atoms with E-state index in [2.05, 4.69) is 203 Å². The molecule has 2 aromatic heterocycles. The molecule has 10 rings (SSSR count). The van der Waals surface area contributed by atoms with Crippen molar-refractivity contribution in [2.45, 2.75) is 0 Å². The molecule has 0 aliphatic carbocycles. The number of rotatable bonds is 5. The normalized spacial score (nSPS) is 11.6. The van der Waals surface area contributed by atoms with E-state index in [9.17, 15) is 0 Å². The average molecular weight is 637 g/mol. The van der Waals surface area contributed by atoms with E-state index in [4.69, 9.17) is 0 Å². The first-order valence-corrected chi connectivity index (χ1v) is 17.2. The highest BCUT2D eigenvalue weighted by atomic mass is 15.0. The van der Waals surface area contributed by atoms with Crippen molar-refractivity contribution < 1.29 is 0 Å². The van der Waals surface area contributed by atoms with Crippen LogP contribution in [0.2, 0.25) is 0 Å². The van der Waals surface area contributed by atoms with Gasteiger partial charge in [-0.15, -0.1) is 0 Å². The van der Waals surface area contributed by atoms with Crippen LogP contribution in [-0.4, -0.2) is 9.13 Å². The van der Waals surface area contributed by atoms with Crippen molar-refractivity contribution in [1.82, 2.24) is 9.13 Å². The molecule has 2 nitrogen and oxygen atoms in total. The Kier molecular flexibility index (Phi) is 6.53. The third kappa shape index (κ3) is 4.50. The molecule has 0 bridgehead atoms. The highest BCUT2D eigenvalue weighted by Crippen LogP contribution is 2.39. The molecular weight excluding hydrogens is 605 g/mol. The summed E-state index contributed by atoms with van der Waals surface area (Å²) in [7, 11) is 0. The summed E-state index contributed by atoms with van der Waals surface area (Å²) >= 11 is 0. The zero-order valence-corrected chi connectivity index (χ0v) is 27.4. The lowest BCUT2D eigenvalue weighted by Gasteiger charge is -2.15. The van der Waals surface area contributed by atoms with E-state index in [1.165, 1.54) is 82.7 Å². The van der Waals surface area contributed by atoms with Crippen molar-refractivity contribution in [1.29, 1.82) is 0 Å². The Morgan fingerprint density at radius 1 is 0.240 bits per heavy atom. The first kappa shape index (κ1) is 28.4. The van der Waals surface area contributed by atoms with Gasteiger partial charge in [-0.3, -0.25) is 0 Å². The SMILES string of the molecule is c1ccc(-c2ccc(-c3ccccc3)c(-c3ccc(-n4c5ccccc5c5cc(-n6c7ccccc7c7ccccc76)ccc54)cc3)c2)cc1. The van der Waals surface area contributed by atoms with Crippen molar-refractivity contribution >= 4 is 43.6 Å². The van der Waals surface area contributed by atoms with Crippen molar-refractivity contribution in [3.63, 3.8) is 0 Å². The van der Waals surface area contributed by atoms with Crippen LogP contribution in [-0.2, 0) is 0 Å². The summed E-state index contributed by atoms with van der Waals surface area (Å²) in [5.74, 6) is 0. The predicted molar refractivity (Wildman–Crippen MR) is 211 cm³/mol. The Labute approximate surface area is 290 Å². The van der Waals surface area contributed by atoms with Gasteiger partial charge in [0.1, 0.15) is 0 Å². The first-order chi connectivity index (χ1) is 24.8. The molecule has 10 aromatic rings. The molecule has 0 N–H and O–H groups in total. The standard InChI is InChI=1S/C48H32N2/c1-3-13-33(14-4-1)36-25-29-39(34-15-5-2-6-16-34)43(31-36)35-23-26-37(27-24-35)49-47-22-12-9-19-42(47)44-32-38(28-30-48(44)49)50-45-20-10-7-17-40(45)41-18-8-11-21-46(41)50/h1-32H. The van der Waals surface area contributed by atoms with Crippen LogP contribution in [0.3, 0.4) is 0 Å². The van der Waals surface area contributed by atoms with Crippen LogP contribution in [0.25, 0.3) is 88.4 Å². The van der Waals surface area contributed by atoms with E-state index < -0.39 is 0 Å². The maximum atomic E-state index is 2.41. The number of para-hydroxylation sites is 3. The Bertz CT molecular complexity index is 2790. The lowest BCUT2D eigenvalue weighted by molar-refractivity contribution is 1.17. The molecule has 0 saturated carbocycles. The second kappa shape index (κ2) is 11.5. The van der Waals surface area contributed by atoms with Gasteiger partial charge in [-0.25, -0.2) is 0 Å². The molecule has 0 aliphatic heterocycles. The van der Waals surface area contributed by atoms with Crippen molar-refractivity contribution in [2.24, 2.45) is 0 Å². The summed E-state index contributed by atoms with van der Waals surface area (Å²) in [6.45, 7) is 0. The summed E-state index contributed by atoms with van der Waals surface area (Å²) in [5.41, 5.74) is 14.4. The Hall–Kier alpha value is -6.64. The summed E-state index contributed by atoms with van der Waals surface area (Å²) in [4.78, 5) is 0. The monoisotopic (exact) mass is 636 g/mol. The smallest absolute Gasteiger partial charge is 0.0542 e. The van der Waals surface area contributed by atoms with Crippen molar-refractivity contribution in [2.75, 3.05) is 0 Å². The van der Waals surface area contributed by atoms with Crippen molar-refractivity contribution in [3.05, 3.63) is 194 Å². The average Bonchev–Trinajstić information content (AvgIpc) is 3.71. The molecule has 2 heterocycles. The Morgan fingerprint density at radius 2 is 0.680 bits per heavy atom. The van der Waals surface area contributed by atoms with Gasteiger partial charge < -0.3 is 9.13 Å². The molecule has 0 fully saturated rings. The zero-order valence-electron chi connectivity index (χ0n) is 27.4. The fourth-order valence-electron chi connectivity index (χ4n) is 7.83. The topological polar surface area (TPSA) is 9.86 Å². The maximum Gasteiger partial charge on any atom is 0.0542 e. The maximum absolute atomic E-state index is 2.41. The van der Waals surface area contributed by atoms with Gasteiger partial charge in [0.05, 0.1) is 22.1 Å². The third-order valence-corrected chi connectivity index (χ3v) is 10.1. The second-order valence-electron chi connectivity index (χ2n) is 13.0. The van der Waals surface area contributed by atoms with E-state index in [1.54, 1.807) is 0 Å². The number of fused-ring (bicyclic) bond motifs is 6. The molecule has 0 aliphatic rings. The van der Waals surface area contributed by atoms with Gasteiger partial charge in [-0.05, 0) is 88.0 Å². The first-order valence-electron chi connectivity index (χ1n) is 17.2. The highest BCUT2D eigenvalue weighted by molar-refractivity contribution is 6.12. The van der Waals surface area contributed by atoms with Crippen LogP contribution in [0.4, 0.5) is 0 Å². The minimum Gasteiger partial charge on any atom is -0.309 e. The van der Waals surface area contributed by atoms with E-state index in [0.717, 1.165) is 5.69 Å². The molecule has 0 saturated heterocycles. The van der Waals surface area contributed by atoms with Gasteiger partial charge in [0.25, 0.3) is 0 Å². The lowest BCUT2D eigenvalue weighted by atomic mass is 9.91. The van der Waals surface area contributed by atoms with Gasteiger partial charge in [0.2, 0.25) is 0 Å². The summed E-state index contributed by atoms with van der Waals surface area (Å²) < 4.78 is 4.81. The van der Waals surface area contributed by atoms with E-state index in [-0.39, 0.29) is 0 Å². The van der Waals surface area contributed by atoms with E-state index >= 15 is 0 Å². The predicted octanol–water partition coefficient (Wildman–Crippen LogP) is 12.9. The third-order valence-electron chi connectivity index (χ3n) is 10.1. The molecule has 0 amide bonds. The minimum absolute atomic E-state index is 1.14. The van der Waals surface area contributed by atoms with Gasteiger partial charge >= 0.3 is 0 Å². The molecule has 2 heteroatoms. The Morgan fingerprint density at radius 3 is 1.30 bits per heavy atom. The number of nitrogens with zero attached hydrogens (tertiary/aromatic N) is 2. The number of hydrogen-bond acceptors (Lipinski definition) is 0. The minimum atomic E-state index is 1.14. The van der Waals surface area contributed by atoms with Gasteiger partial charge in [-0.2, -0.15) is 0 Å². The molecule has 8 aromatic carbocycles. The Balaban J connectivity index is 1.12. The van der Waals surface area contributed by atoms with E-state index in [1.807, 2.05) is 0 Å². The molecule has 0 unspecified atom stereocenters. The summed E-state index contributed by atoms with van der Waals surface area (Å²) in [6, 6.07) is 70.4. The molecule has 0 atom stereocenters. The summed E-state index contributed by atoms with van der Waals surface area (Å²) in [5, 5.41) is 5.04. The fourth-order valence-corrected chi connectivity index (χ4v) is 7.83. The lowest BCUT2D eigenvalue weighted by Crippen LogP contribution is -1.96. The second-order valence-corrected chi connectivity index (χ2v) is 13.0. The van der Waals surface area contributed by atoms with Crippen LogP contribution in [0.5, 0.6) is 0 Å². The largest absolute Gasteiger partial charge is 0.309 e. The van der Waals surface area contributed by atoms with Gasteiger partial charge in [-0.1, -0.05) is 140 Å². The number of benzene rings is 8. The van der Waals surface area contributed by atoms with Crippen LogP contribution in [0.15, 0.2) is 194 Å². The van der Waals surface area contributed by atoms with Crippen LogP contribution < -0.4 is 0 Å². The van der Waals surface area contributed by atoms with Crippen molar-refractivity contribution in [3.8, 4) is 44.8 Å². The quantitative estimate of drug-likeness (QED) is 0.178. The van der Waals surface area contributed by atoms with Crippen LogP contribution >= 0.6 is 0 Å². The molecule has 50 heavy (non-hydrogen) atoms. The number of hydrogen-bond donors (Lipinski definition) is 0. The van der Waals surface area contributed by atoms with Gasteiger partial charge in [0.15, 0.2) is 0 Å². The van der Waals surface area contributed by atoms with E-state index in [0.29, 0.717) is 0 Å². The number of aromatic nitrogens is 2. The highest BCUT2D eigenvalue weighted by Gasteiger charge is 2.17. The molecule has 0 radical (unpaired) electrons. The fraction of sp³-hybridized carbons (Fsp3) is 0. The molecule has 234 valence electrons. The molecule has 0 spiro atoms. The molecular formula is C48H32N2. The van der Waals surface area contributed by atoms with Crippen LogP contribution in [0.1, 0.15) is 0 Å². The summed E-state index contributed by atoms with van der Waals surface area (Å²) in [6.07, 6.45) is 0. The zero-order chi connectivity index (χ0) is 33.0.